The molecule has 0 radical (unpaired) electrons. The summed E-state index contributed by atoms with van der Waals surface area (Å²) in [5, 5.41) is 0.147. The number of hydrogen-bond donors (Lipinski definition) is 0. The molecule has 1 aliphatic heterocycles. The third-order valence-corrected chi connectivity index (χ3v) is 10.3. The zero-order valence-electron chi connectivity index (χ0n) is 17.4. The second-order valence-electron chi connectivity index (χ2n) is 9.30. The Morgan fingerprint density at radius 1 is 1.33 bits per heavy atom. The molecular weight excluding hydrogens is 320 g/mol. The van der Waals surface area contributed by atoms with E-state index >= 15 is 0 Å². The molecule has 0 aromatic heterocycles. The van der Waals surface area contributed by atoms with Crippen LogP contribution in [0.2, 0.25) is 18.1 Å². The van der Waals surface area contributed by atoms with Gasteiger partial charge in [-0.3, -0.25) is 4.79 Å². The molecule has 0 N–H and O–H groups in total. The van der Waals surface area contributed by atoms with Gasteiger partial charge in [0.05, 0.1) is 18.6 Å². The molecule has 0 aliphatic carbocycles. The van der Waals surface area contributed by atoms with Crippen molar-refractivity contribution in [1.29, 1.82) is 0 Å². The van der Waals surface area contributed by atoms with Gasteiger partial charge in [0.2, 0.25) is 0 Å². The Kier molecular flexibility index (Phi) is 6.87. The van der Waals surface area contributed by atoms with Crippen molar-refractivity contribution in [2.24, 2.45) is 11.8 Å². The van der Waals surface area contributed by atoms with Crippen molar-refractivity contribution in [3.8, 4) is 0 Å². The molecule has 0 aromatic carbocycles. The smallest absolute Gasteiger partial charge is 0.192 e. The first-order chi connectivity index (χ1) is 10.7. The highest BCUT2D eigenvalue weighted by Crippen LogP contribution is 2.44. The zero-order chi connectivity index (χ0) is 18.9. The Morgan fingerprint density at radius 2 is 1.88 bits per heavy atom. The highest BCUT2D eigenvalue weighted by atomic mass is 28.4. The standard InChI is InChI=1S/C19H38O4Si/c1-13(2)17-15(4)16(23-24(9,10)18(5,6)7)12-19(21-8,22-17)11-14(3)20/h13,15-17H,11-12H2,1-10H3/t15-,16+,17+,19-/m0/s1. The maximum Gasteiger partial charge on any atom is 0.192 e. The van der Waals surface area contributed by atoms with Gasteiger partial charge in [-0.25, -0.2) is 0 Å². The van der Waals surface area contributed by atoms with Crippen LogP contribution in [-0.2, 0) is 18.7 Å². The first-order valence-electron chi connectivity index (χ1n) is 9.15. The van der Waals surface area contributed by atoms with Crippen molar-refractivity contribution in [2.75, 3.05) is 7.11 Å². The minimum atomic E-state index is -1.91. The van der Waals surface area contributed by atoms with E-state index in [2.05, 4.69) is 54.6 Å². The maximum atomic E-state index is 11.8. The van der Waals surface area contributed by atoms with Crippen LogP contribution in [0.4, 0.5) is 0 Å². The SMILES string of the molecule is CO[C@]1(CC(C)=O)C[C@@H](O[Si](C)(C)C(C)(C)C)[C@H](C)[C@@H](C(C)C)O1. The number of rotatable bonds is 6. The highest BCUT2D eigenvalue weighted by Gasteiger charge is 2.50. The fraction of sp³-hybridized carbons (Fsp3) is 0.947. The number of carbonyl (C=O) groups is 1. The van der Waals surface area contributed by atoms with Crippen LogP contribution in [0.5, 0.6) is 0 Å². The molecule has 0 aromatic rings. The molecule has 1 aliphatic rings. The van der Waals surface area contributed by atoms with E-state index in [0.29, 0.717) is 12.3 Å². The zero-order valence-corrected chi connectivity index (χ0v) is 18.4. The number of ketones is 1. The van der Waals surface area contributed by atoms with Gasteiger partial charge in [-0.2, -0.15) is 0 Å². The lowest BCUT2D eigenvalue weighted by Crippen LogP contribution is -2.57. The number of Topliss-reactive ketones (excluding diaryl/α,β-unsaturated/α-hetero) is 1. The Balaban J connectivity index is 3.14. The number of hydrogen-bond acceptors (Lipinski definition) is 4. The first kappa shape index (κ1) is 21.8. The van der Waals surface area contributed by atoms with Crippen LogP contribution in [0.3, 0.4) is 0 Å². The minimum Gasteiger partial charge on any atom is -0.413 e. The summed E-state index contributed by atoms with van der Waals surface area (Å²) in [6.45, 7) is 19.4. The summed E-state index contributed by atoms with van der Waals surface area (Å²) in [5.41, 5.74) is 0. The molecule has 142 valence electrons. The summed E-state index contributed by atoms with van der Waals surface area (Å²) in [6, 6.07) is 0. The average molecular weight is 359 g/mol. The molecule has 4 atom stereocenters. The van der Waals surface area contributed by atoms with Crippen LogP contribution in [-0.4, -0.2) is 39.2 Å². The molecule has 4 nitrogen and oxygen atoms in total. The molecule has 1 heterocycles. The highest BCUT2D eigenvalue weighted by molar-refractivity contribution is 6.74. The van der Waals surface area contributed by atoms with E-state index in [1.54, 1.807) is 14.0 Å². The molecule has 24 heavy (non-hydrogen) atoms. The first-order valence-corrected chi connectivity index (χ1v) is 12.1. The third kappa shape index (κ3) is 4.90. The predicted molar refractivity (Wildman–Crippen MR) is 101 cm³/mol. The summed E-state index contributed by atoms with van der Waals surface area (Å²) >= 11 is 0. The quantitative estimate of drug-likeness (QED) is 0.641. The van der Waals surface area contributed by atoms with Gasteiger partial charge >= 0.3 is 0 Å². The van der Waals surface area contributed by atoms with Crippen molar-refractivity contribution < 1.29 is 18.7 Å². The van der Waals surface area contributed by atoms with E-state index < -0.39 is 14.1 Å². The van der Waals surface area contributed by atoms with E-state index in [1.165, 1.54) is 0 Å². The van der Waals surface area contributed by atoms with Crippen molar-refractivity contribution in [3.63, 3.8) is 0 Å². The summed E-state index contributed by atoms with van der Waals surface area (Å²) < 4.78 is 18.8. The number of ether oxygens (including phenoxy) is 2. The van der Waals surface area contributed by atoms with Gasteiger partial charge in [-0.1, -0.05) is 41.5 Å². The fourth-order valence-electron chi connectivity index (χ4n) is 3.25. The van der Waals surface area contributed by atoms with Crippen molar-refractivity contribution in [3.05, 3.63) is 0 Å². The van der Waals surface area contributed by atoms with Gasteiger partial charge in [0.25, 0.3) is 0 Å². The van der Waals surface area contributed by atoms with Crippen molar-refractivity contribution in [1.82, 2.24) is 0 Å². The lowest BCUT2D eigenvalue weighted by molar-refractivity contribution is -0.304. The molecule has 0 saturated carbocycles. The Labute approximate surface area is 149 Å². The lowest BCUT2D eigenvalue weighted by Gasteiger charge is -2.51. The van der Waals surface area contributed by atoms with E-state index in [9.17, 15) is 4.79 Å². The molecule has 5 heteroatoms. The largest absolute Gasteiger partial charge is 0.413 e. The van der Waals surface area contributed by atoms with Gasteiger partial charge in [-0.15, -0.1) is 0 Å². The Bertz CT molecular complexity index is 441. The second kappa shape index (κ2) is 7.56. The van der Waals surface area contributed by atoms with Crippen LogP contribution < -0.4 is 0 Å². The average Bonchev–Trinajstić information content (AvgIpc) is 2.39. The van der Waals surface area contributed by atoms with Crippen LogP contribution in [0.1, 0.15) is 61.3 Å². The molecule has 0 unspecified atom stereocenters. The number of carbonyl (C=O) groups excluding carboxylic acids is 1. The molecule has 1 fully saturated rings. The molecule has 1 saturated heterocycles. The topological polar surface area (TPSA) is 44.8 Å². The summed E-state index contributed by atoms with van der Waals surface area (Å²) in [5.74, 6) is -0.165. The van der Waals surface area contributed by atoms with Gasteiger partial charge in [0.15, 0.2) is 14.1 Å². The van der Waals surface area contributed by atoms with E-state index in [0.717, 1.165) is 0 Å². The van der Waals surface area contributed by atoms with E-state index in [1.807, 2.05) is 0 Å². The van der Waals surface area contributed by atoms with Crippen molar-refractivity contribution in [2.45, 2.75) is 97.4 Å². The summed E-state index contributed by atoms with van der Waals surface area (Å²) in [7, 11) is -0.271. The van der Waals surface area contributed by atoms with Gasteiger partial charge in [0, 0.05) is 19.4 Å². The van der Waals surface area contributed by atoms with Crippen LogP contribution >= 0.6 is 0 Å². The lowest BCUT2D eigenvalue weighted by atomic mass is 9.82. The maximum absolute atomic E-state index is 11.8. The van der Waals surface area contributed by atoms with E-state index in [-0.39, 0.29) is 35.4 Å². The summed E-state index contributed by atoms with van der Waals surface area (Å²) in [6.07, 6.45) is 0.954. The predicted octanol–water partition coefficient (Wildman–Crippen LogP) is 4.78. The van der Waals surface area contributed by atoms with Gasteiger partial charge < -0.3 is 13.9 Å². The number of methoxy groups -OCH3 is 1. The normalized spacial score (nSPS) is 32.2. The molecule has 0 amide bonds. The van der Waals surface area contributed by atoms with Crippen molar-refractivity contribution >= 4 is 14.1 Å². The minimum absolute atomic E-state index is 0.0211. The molecular formula is C19H38O4Si. The monoisotopic (exact) mass is 358 g/mol. The molecule has 0 spiro atoms. The fourth-order valence-corrected chi connectivity index (χ4v) is 4.66. The Hall–Kier alpha value is -0.233. The molecule has 1 rings (SSSR count). The summed E-state index contributed by atoms with van der Waals surface area (Å²) in [4.78, 5) is 11.8. The second-order valence-corrected chi connectivity index (χ2v) is 14.1. The molecule has 0 bridgehead atoms. The third-order valence-electron chi connectivity index (χ3n) is 5.77. The van der Waals surface area contributed by atoms with Crippen LogP contribution in [0.15, 0.2) is 0 Å². The Morgan fingerprint density at radius 3 is 2.25 bits per heavy atom. The van der Waals surface area contributed by atoms with Crippen LogP contribution in [0.25, 0.3) is 0 Å². The van der Waals surface area contributed by atoms with Gasteiger partial charge in [0.1, 0.15) is 5.78 Å². The van der Waals surface area contributed by atoms with E-state index in [4.69, 9.17) is 13.9 Å². The van der Waals surface area contributed by atoms with Crippen LogP contribution in [0, 0.1) is 11.8 Å². The van der Waals surface area contributed by atoms with Gasteiger partial charge in [-0.05, 0) is 31.0 Å².